The minimum absolute atomic E-state index is 0.0556. The van der Waals surface area contributed by atoms with Crippen LogP contribution in [0.3, 0.4) is 0 Å². The molecule has 2 aromatic rings. The first-order valence-corrected chi connectivity index (χ1v) is 9.13. The lowest BCUT2D eigenvalue weighted by Gasteiger charge is -2.38. The second kappa shape index (κ2) is 7.77. The molecule has 138 valence electrons. The van der Waals surface area contributed by atoms with Crippen LogP contribution in [0.1, 0.15) is 48.0 Å². The second-order valence-electron chi connectivity index (χ2n) is 7.12. The number of carbonyl (C=O) groups excluding carboxylic acids is 1. The van der Waals surface area contributed by atoms with Crippen LogP contribution in [-0.2, 0) is 12.5 Å². The molecule has 0 radical (unpaired) electrons. The number of aromatic nitrogens is 1. The number of nitrogens with zero attached hydrogens (tertiary/aromatic N) is 1. The third kappa shape index (κ3) is 3.82. The van der Waals surface area contributed by atoms with Crippen LogP contribution in [0.25, 0.3) is 0 Å². The number of methoxy groups -OCH3 is 1. The molecule has 0 saturated heterocycles. The Balaban J connectivity index is 1.78. The monoisotopic (exact) mass is 354 g/mol. The molecule has 1 N–H and O–H groups in total. The van der Waals surface area contributed by atoms with Gasteiger partial charge < -0.3 is 14.6 Å². The van der Waals surface area contributed by atoms with Gasteiger partial charge in [0, 0.05) is 36.8 Å². The van der Waals surface area contributed by atoms with Gasteiger partial charge in [0.25, 0.3) is 11.5 Å². The summed E-state index contributed by atoms with van der Waals surface area (Å²) in [5.41, 5.74) is 1.41. The number of carbonyl (C=O) groups is 1. The van der Waals surface area contributed by atoms with E-state index >= 15 is 0 Å². The topological polar surface area (TPSA) is 60.3 Å². The second-order valence-corrected chi connectivity index (χ2v) is 7.12. The van der Waals surface area contributed by atoms with Crippen molar-refractivity contribution in [2.75, 3.05) is 13.7 Å². The Morgan fingerprint density at radius 3 is 2.46 bits per heavy atom. The van der Waals surface area contributed by atoms with Gasteiger partial charge in [-0.05, 0) is 36.6 Å². The summed E-state index contributed by atoms with van der Waals surface area (Å²) in [6.07, 6.45) is 7.28. The van der Waals surface area contributed by atoms with E-state index in [1.165, 1.54) is 22.6 Å². The number of nitrogens with one attached hydrogen (secondary N) is 1. The van der Waals surface area contributed by atoms with E-state index in [9.17, 15) is 9.59 Å². The highest BCUT2D eigenvalue weighted by Gasteiger charge is 2.34. The minimum Gasteiger partial charge on any atom is -0.497 e. The van der Waals surface area contributed by atoms with Crippen LogP contribution < -0.4 is 15.6 Å². The molecule has 1 saturated carbocycles. The van der Waals surface area contributed by atoms with Crippen LogP contribution in [0.2, 0.25) is 0 Å². The third-order valence-corrected chi connectivity index (χ3v) is 5.47. The lowest BCUT2D eigenvalue weighted by Crippen LogP contribution is -2.42. The van der Waals surface area contributed by atoms with Crippen molar-refractivity contribution in [3.05, 3.63) is 64.1 Å². The summed E-state index contributed by atoms with van der Waals surface area (Å²) in [7, 11) is 3.33. The molecule has 1 aromatic heterocycles. The van der Waals surface area contributed by atoms with Crippen molar-refractivity contribution in [3.8, 4) is 5.75 Å². The van der Waals surface area contributed by atoms with E-state index in [0.29, 0.717) is 12.1 Å². The fraction of sp³-hybridized carbons (Fsp3) is 0.429. The molecule has 1 fully saturated rings. The summed E-state index contributed by atoms with van der Waals surface area (Å²) >= 11 is 0. The van der Waals surface area contributed by atoms with Gasteiger partial charge in [0.1, 0.15) is 5.75 Å². The van der Waals surface area contributed by atoms with Crippen LogP contribution in [0.5, 0.6) is 5.75 Å². The van der Waals surface area contributed by atoms with Crippen molar-refractivity contribution in [3.63, 3.8) is 0 Å². The lowest BCUT2D eigenvalue weighted by molar-refractivity contribution is 0.0936. The standard InChI is InChI=1S/C21H26N2O3/c1-23-13-10-16(14-19(23)24)20(25)22-15-21(11-4-3-5-12-21)17-6-8-18(26-2)9-7-17/h6-10,13-14H,3-5,11-12,15H2,1-2H3,(H,22,25). The molecule has 5 nitrogen and oxygen atoms in total. The molecular formula is C21H26N2O3. The van der Waals surface area contributed by atoms with Crippen molar-refractivity contribution in [2.45, 2.75) is 37.5 Å². The summed E-state index contributed by atoms with van der Waals surface area (Å²) in [6.45, 7) is 0.577. The SMILES string of the molecule is COc1ccc(C2(CNC(=O)c3ccn(C)c(=O)c3)CCCCC2)cc1. The fourth-order valence-electron chi connectivity index (χ4n) is 3.78. The molecule has 0 spiro atoms. The van der Waals surface area contributed by atoms with E-state index in [2.05, 4.69) is 17.4 Å². The van der Waals surface area contributed by atoms with Crippen molar-refractivity contribution in [2.24, 2.45) is 7.05 Å². The highest BCUT2D eigenvalue weighted by molar-refractivity contribution is 5.94. The van der Waals surface area contributed by atoms with Crippen LogP contribution in [0.4, 0.5) is 0 Å². The van der Waals surface area contributed by atoms with Crippen molar-refractivity contribution < 1.29 is 9.53 Å². The van der Waals surface area contributed by atoms with Gasteiger partial charge in [-0.2, -0.15) is 0 Å². The summed E-state index contributed by atoms with van der Waals surface area (Å²) < 4.78 is 6.72. The molecule has 1 amide bonds. The predicted octanol–water partition coefficient (Wildman–Crippen LogP) is 3.03. The number of hydrogen-bond donors (Lipinski definition) is 1. The Kier molecular flexibility index (Phi) is 5.45. The molecule has 0 bridgehead atoms. The normalized spacial score (nSPS) is 16.1. The van der Waals surface area contributed by atoms with Crippen LogP contribution in [-0.4, -0.2) is 24.1 Å². The molecule has 1 heterocycles. The maximum Gasteiger partial charge on any atom is 0.251 e. The maximum absolute atomic E-state index is 12.5. The van der Waals surface area contributed by atoms with Crippen LogP contribution >= 0.6 is 0 Å². The molecule has 0 unspecified atom stereocenters. The van der Waals surface area contributed by atoms with E-state index in [4.69, 9.17) is 4.74 Å². The number of ether oxygens (including phenoxy) is 1. The van der Waals surface area contributed by atoms with Gasteiger partial charge in [-0.3, -0.25) is 9.59 Å². The van der Waals surface area contributed by atoms with E-state index in [1.807, 2.05) is 12.1 Å². The van der Waals surface area contributed by atoms with Gasteiger partial charge in [0.05, 0.1) is 7.11 Å². The largest absolute Gasteiger partial charge is 0.497 e. The number of benzene rings is 1. The van der Waals surface area contributed by atoms with Crippen molar-refractivity contribution in [1.29, 1.82) is 0 Å². The highest BCUT2D eigenvalue weighted by Crippen LogP contribution is 2.39. The van der Waals surface area contributed by atoms with Crippen LogP contribution in [0, 0.1) is 0 Å². The number of rotatable bonds is 5. The number of pyridine rings is 1. The molecule has 26 heavy (non-hydrogen) atoms. The van der Waals surface area contributed by atoms with E-state index < -0.39 is 0 Å². The van der Waals surface area contributed by atoms with Gasteiger partial charge in [-0.25, -0.2) is 0 Å². The molecular weight excluding hydrogens is 328 g/mol. The van der Waals surface area contributed by atoms with Gasteiger partial charge in [-0.1, -0.05) is 31.4 Å². The minimum atomic E-state index is -0.193. The molecule has 1 aliphatic carbocycles. The molecule has 3 rings (SSSR count). The average Bonchev–Trinajstić information content (AvgIpc) is 2.69. The van der Waals surface area contributed by atoms with E-state index in [1.54, 1.807) is 26.4 Å². The Labute approximate surface area is 154 Å². The molecule has 0 atom stereocenters. The Morgan fingerprint density at radius 2 is 1.85 bits per heavy atom. The number of hydrogen-bond acceptors (Lipinski definition) is 3. The van der Waals surface area contributed by atoms with E-state index in [0.717, 1.165) is 31.4 Å². The first-order valence-electron chi connectivity index (χ1n) is 9.13. The summed E-state index contributed by atoms with van der Waals surface area (Å²) in [4.78, 5) is 24.3. The van der Waals surface area contributed by atoms with Crippen LogP contribution in [0.15, 0.2) is 47.4 Å². The zero-order valence-corrected chi connectivity index (χ0v) is 15.5. The van der Waals surface area contributed by atoms with Gasteiger partial charge >= 0.3 is 0 Å². The zero-order valence-electron chi connectivity index (χ0n) is 15.5. The zero-order chi connectivity index (χ0) is 18.6. The molecule has 1 aromatic carbocycles. The van der Waals surface area contributed by atoms with Gasteiger partial charge in [0.15, 0.2) is 0 Å². The fourth-order valence-corrected chi connectivity index (χ4v) is 3.78. The molecule has 5 heteroatoms. The quantitative estimate of drug-likeness (QED) is 0.898. The number of aryl methyl sites for hydroxylation is 1. The van der Waals surface area contributed by atoms with Crippen molar-refractivity contribution in [1.82, 2.24) is 9.88 Å². The molecule has 1 aliphatic rings. The van der Waals surface area contributed by atoms with E-state index in [-0.39, 0.29) is 16.9 Å². The average molecular weight is 354 g/mol. The predicted molar refractivity (Wildman–Crippen MR) is 102 cm³/mol. The Hall–Kier alpha value is -2.56. The van der Waals surface area contributed by atoms with Gasteiger partial charge in [0.2, 0.25) is 0 Å². The number of amides is 1. The first-order chi connectivity index (χ1) is 12.5. The summed E-state index contributed by atoms with van der Waals surface area (Å²) in [6, 6.07) is 11.2. The first kappa shape index (κ1) is 18.2. The summed E-state index contributed by atoms with van der Waals surface area (Å²) in [5.74, 6) is 0.644. The highest BCUT2D eigenvalue weighted by atomic mass is 16.5. The Bertz CT molecular complexity index is 818. The lowest BCUT2D eigenvalue weighted by atomic mass is 9.69. The molecule has 0 aliphatic heterocycles. The van der Waals surface area contributed by atoms with Crippen molar-refractivity contribution >= 4 is 5.91 Å². The maximum atomic E-state index is 12.5. The third-order valence-electron chi connectivity index (χ3n) is 5.47. The van der Waals surface area contributed by atoms with Gasteiger partial charge in [-0.15, -0.1) is 0 Å². The Morgan fingerprint density at radius 1 is 1.15 bits per heavy atom. The summed E-state index contributed by atoms with van der Waals surface area (Å²) in [5, 5.41) is 3.06. The smallest absolute Gasteiger partial charge is 0.251 e.